The molecule has 0 unspecified atom stereocenters. The van der Waals surface area contributed by atoms with Crippen molar-refractivity contribution in [2.24, 2.45) is 0 Å². The Morgan fingerprint density at radius 1 is 1.26 bits per heavy atom. The van der Waals surface area contributed by atoms with Crippen LogP contribution in [0, 0.1) is 0 Å². The summed E-state index contributed by atoms with van der Waals surface area (Å²) in [5, 5.41) is 22.3. The molecule has 0 aliphatic carbocycles. The Bertz CT molecular complexity index is 1040. The van der Waals surface area contributed by atoms with Crippen LogP contribution in [0.2, 0.25) is 0 Å². The van der Waals surface area contributed by atoms with E-state index in [1.54, 1.807) is 23.6 Å². The first-order valence-electron chi connectivity index (χ1n) is 8.92. The van der Waals surface area contributed by atoms with Crippen LogP contribution in [0.15, 0.2) is 16.7 Å². The van der Waals surface area contributed by atoms with Gasteiger partial charge in [0.1, 0.15) is 16.5 Å². The van der Waals surface area contributed by atoms with Crippen molar-refractivity contribution in [1.82, 2.24) is 20.3 Å². The lowest BCUT2D eigenvalue weighted by Gasteiger charge is -2.31. The third-order valence-electron chi connectivity index (χ3n) is 4.40. The summed E-state index contributed by atoms with van der Waals surface area (Å²) in [7, 11) is 2.11. The van der Waals surface area contributed by atoms with Gasteiger partial charge in [-0.1, -0.05) is 22.7 Å². The predicted octanol–water partition coefficient (Wildman–Crippen LogP) is 4.10. The second kappa shape index (κ2) is 9.63. The predicted molar refractivity (Wildman–Crippen MR) is 116 cm³/mol. The van der Waals surface area contributed by atoms with Gasteiger partial charge in [-0.3, -0.25) is 0 Å². The van der Waals surface area contributed by atoms with E-state index in [1.165, 1.54) is 11.3 Å². The number of aromatic hydroxyl groups is 1. The summed E-state index contributed by atoms with van der Waals surface area (Å²) in [4.78, 5) is 26.6. The molecular weight excluding hydrogens is 523 g/mol. The number of aromatic nitrogens is 3. The second-order valence-electron chi connectivity index (χ2n) is 6.54. The van der Waals surface area contributed by atoms with E-state index in [0.717, 1.165) is 45.2 Å². The van der Waals surface area contributed by atoms with Crippen molar-refractivity contribution in [3.8, 4) is 16.5 Å². The van der Waals surface area contributed by atoms with Gasteiger partial charge in [0.05, 0.1) is 0 Å². The molecule has 0 amide bonds. The van der Waals surface area contributed by atoms with Gasteiger partial charge in [-0.2, -0.15) is 13.2 Å². The molecule has 8 nitrogen and oxygen atoms in total. The molecule has 168 valence electrons. The summed E-state index contributed by atoms with van der Waals surface area (Å²) in [5.41, 5.74) is 0.502. The quantitative estimate of drug-likeness (QED) is 0.456. The first-order valence-corrected chi connectivity index (χ1v) is 11.3. The lowest BCUT2D eigenvalue weighted by atomic mass is 10.1. The second-order valence-corrected chi connectivity index (χ2v) is 9.39. The van der Waals surface area contributed by atoms with E-state index in [2.05, 4.69) is 43.2 Å². The highest BCUT2D eigenvalue weighted by Gasteiger charge is 2.38. The molecule has 1 aliphatic rings. The van der Waals surface area contributed by atoms with E-state index in [0.29, 0.717) is 16.7 Å². The Labute approximate surface area is 190 Å². The molecule has 0 aromatic carbocycles. The number of rotatable bonds is 3. The molecule has 4 rings (SSSR count). The van der Waals surface area contributed by atoms with Crippen molar-refractivity contribution < 1.29 is 28.2 Å². The van der Waals surface area contributed by atoms with Gasteiger partial charge in [0.15, 0.2) is 14.8 Å². The Kier molecular flexibility index (Phi) is 7.34. The van der Waals surface area contributed by atoms with Gasteiger partial charge in [-0.15, -0.1) is 0 Å². The number of hydrogen-bond acceptors (Lipinski definition) is 9. The monoisotopic (exact) mass is 539 g/mol. The minimum Gasteiger partial charge on any atom is -0.506 e. The Morgan fingerprint density at radius 2 is 1.87 bits per heavy atom. The fourth-order valence-electron chi connectivity index (χ4n) is 2.83. The normalized spacial score (nSPS) is 14.9. The van der Waals surface area contributed by atoms with Crippen molar-refractivity contribution in [1.29, 1.82) is 0 Å². The van der Waals surface area contributed by atoms with Gasteiger partial charge in [0.2, 0.25) is 0 Å². The molecule has 0 spiro atoms. The van der Waals surface area contributed by atoms with Crippen LogP contribution in [0.1, 0.15) is 12.8 Å². The van der Waals surface area contributed by atoms with E-state index >= 15 is 0 Å². The van der Waals surface area contributed by atoms with Crippen LogP contribution in [0.3, 0.4) is 0 Å². The number of carboxylic acids is 1. The number of hydrogen-bond donors (Lipinski definition) is 3. The Morgan fingerprint density at radius 3 is 2.42 bits per heavy atom. The van der Waals surface area contributed by atoms with Crippen molar-refractivity contribution in [2.45, 2.75) is 25.1 Å². The van der Waals surface area contributed by atoms with Gasteiger partial charge >= 0.3 is 12.1 Å². The van der Waals surface area contributed by atoms with E-state index in [4.69, 9.17) is 14.9 Å². The molecule has 0 atom stereocenters. The van der Waals surface area contributed by atoms with Gasteiger partial charge in [0.25, 0.3) is 0 Å². The number of aliphatic carboxylic acids is 1. The number of fused-ring (bicyclic) bond motifs is 1. The first kappa shape index (κ1) is 23.6. The van der Waals surface area contributed by atoms with E-state index in [-0.39, 0.29) is 5.75 Å². The van der Waals surface area contributed by atoms with Crippen LogP contribution in [0.25, 0.3) is 20.4 Å². The molecule has 0 radical (unpaired) electrons. The number of nitrogens with one attached hydrogen (secondary N) is 1. The molecule has 14 heteroatoms. The molecule has 3 aromatic heterocycles. The number of anilines is 1. The van der Waals surface area contributed by atoms with E-state index in [1.807, 2.05) is 0 Å². The highest BCUT2D eigenvalue weighted by atomic mass is 79.9. The number of nitrogens with zero attached hydrogens (tertiary/aromatic N) is 4. The van der Waals surface area contributed by atoms with Crippen molar-refractivity contribution in [2.75, 3.05) is 25.0 Å². The average molecular weight is 540 g/mol. The van der Waals surface area contributed by atoms with Crippen LogP contribution in [0.5, 0.6) is 5.75 Å². The summed E-state index contributed by atoms with van der Waals surface area (Å²) in [6, 6.07) is 2.16. The number of halogens is 4. The third-order valence-corrected chi connectivity index (χ3v) is 6.96. The number of pyridine rings is 1. The highest BCUT2D eigenvalue weighted by molar-refractivity contribution is 9.10. The van der Waals surface area contributed by atoms with Gasteiger partial charge in [0, 0.05) is 23.8 Å². The van der Waals surface area contributed by atoms with Crippen LogP contribution in [-0.4, -0.2) is 63.5 Å². The Balaban J connectivity index is 0.000000339. The average Bonchev–Trinajstić information content (AvgIpc) is 3.27. The van der Waals surface area contributed by atoms with Crippen LogP contribution >= 0.6 is 38.6 Å². The fourth-order valence-corrected chi connectivity index (χ4v) is 5.22. The SMILES string of the molecule is CN(c1nc2sc(-c3ncc(Br)cc3O)nc2s1)C1CCNCC1.O=C(O)C(F)(F)F. The third kappa shape index (κ3) is 5.81. The maximum Gasteiger partial charge on any atom is 0.490 e. The Hall–Kier alpha value is -2.03. The molecule has 1 aliphatic heterocycles. The summed E-state index contributed by atoms with van der Waals surface area (Å²) in [6.07, 6.45) is -1.15. The van der Waals surface area contributed by atoms with Crippen molar-refractivity contribution >= 4 is 59.4 Å². The van der Waals surface area contributed by atoms with Crippen LogP contribution in [-0.2, 0) is 4.79 Å². The largest absolute Gasteiger partial charge is 0.506 e. The molecule has 0 saturated carbocycles. The smallest absolute Gasteiger partial charge is 0.490 e. The molecule has 1 saturated heterocycles. The van der Waals surface area contributed by atoms with E-state index < -0.39 is 12.1 Å². The molecule has 3 N–H and O–H groups in total. The first-order chi connectivity index (χ1) is 14.6. The van der Waals surface area contributed by atoms with Crippen molar-refractivity contribution in [3.05, 3.63) is 16.7 Å². The summed E-state index contributed by atoms with van der Waals surface area (Å²) in [5.74, 6) is -2.63. The minimum absolute atomic E-state index is 0.123. The maximum atomic E-state index is 10.6. The molecule has 1 fully saturated rings. The standard InChI is InChI=1S/C15H16BrN5OS2.C2HF3O2/c1-21(9-2-4-17-5-3-9)15-20-14-13(24-15)19-12(23-14)11-10(22)6-8(16)7-18-11;3-2(4,5)1(6)7/h6-7,9,17,22H,2-5H2,1H3;(H,6,7). The lowest BCUT2D eigenvalue weighted by Crippen LogP contribution is -2.41. The zero-order chi connectivity index (χ0) is 22.8. The van der Waals surface area contributed by atoms with Gasteiger partial charge in [-0.05, 0) is 47.9 Å². The van der Waals surface area contributed by atoms with Crippen LogP contribution in [0.4, 0.5) is 18.3 Å². The molecule has 3 aromatic rings. The van der Waals surface area contributed by atoms with E-state index in [9.17, 15) is 18.3 Å². The number of piperidine rings is 1. The number of thiazole rings is 2. The number of carbonyl (C=O) groups is 1. The number of carboxylic acid groups (broad SMARTS) is 1. The molecule has 31 heavy (non-hydrogen) atoms. The molecular formula is C17H17BrF3N5O3S2. The van der Waals surface area contributed by atoms with Crippen LogP contribution < -0.4 is 10.2 Å². The minimum atomic E-state index is -5.08. The fraction of sp³-hybridized carbons (Fsp3) is 0.412. The maximum absolute atomic E-state index is 10.6. The van der Waals surface area contributed by atoms with Crippen molar-refractivity contribution in [3.63, 3.8) is 0 Å². The highest BCUT2D eigenvalue weighted by Crippen LogP contribution is 2.38. The summed E-state index contributed by atoms with van der Waals surface area (Å²) < 4.78 is 32.5. The summed E-state index contributed by atoms with van der Waals surface area (Å²) >= 11 is 6.36. The zero-order valence-electron chi connectivity index (χ0n) is 16.0. The molecule has 4 heterocycles. The zero-order valence-corrected chi connectivity index (χ0v) is 19.2. The van der Waals surface area contributed by atoms with Gasteiger partial charge < -0.3 is 20.4 Å². The van der Waals surface area contributed by atoms with Gasteiger partial charge in [-0.25, -0.2) is 19.7 Å². The lowest BCUT2D eigenvalue weighted by molar-refractivity contribution is -0.192. The topological polar surface area (TPSA) is 111 Å². The summed E-state index contributed by atoms with van der Waals surface area (Å²) in [6.45, 7) is 2.12. The number of alkyl halides is 3. The molecule has 0 bridgehead atoms.